The van der Waals surface area contributed by atoms with Crippen LogP contribution in [0.25, 0.3) is 0 Å². The Morgan fingerprint density at radius 1 is 1.44 bits per heavy atom. The Hall–Kier alpha value is -0.660. The molecule has 0 aromatic heterocycles. The molecule has 0 unspecified atom stereocenters. The van der Waals surface area contributed by atoms with Gasteiger partial charge in [-0.15, -0.1) is 0 Å². The molecule has 1 aliphatic rings. The SMILES string of the molecule is CCCC1C(=O)CC1=O. The van der Waals surface area contributed by atoms with Gasteiger partial charge in [-0.3, -0.25) is 9.59 Å². The maximum absolute atomic E-state index is 10.6. The predicted molar refractivity (Wildman–Crippen MR) is 33.0 cm³/mol. The van der Waals surface area contributed by atoms with Gasteiger partial charge in [-0.05, 0) is 6.42 Å². The van der Waals surface area contributed by atoms with Gasteiger partial charge in [0.2, 0.25) is 0 Å². The van der Waals surface area contributed by atoms with Crippen molar-refractivity contribution in [1.29, 1.82) is 0 Å². The third kappa shape index (κ3) is 1.02. The lowest BCUT2D eigenvalue weighted by atomic mass is 9.79. The van der Waals surface area contributed by atoms with Crippen molar-refractivity contribution >= 4 is 11.6 Å². The van der Waals surface area contributed by atoms with Crippen LogP contribution in [-0.2, 0) is 9.59 Å². The number of hydrogen-bond donors (Lipinski definition) is 0. The van der Waals surface area contributed by atoms with E-state index in [1.165, 1.54) is 0 Å². The van der Waals surface area contributed by atoms with Crippen molar-refractivity contribution in [1.82, 2.24) is 0 Å². The Bertz CT molecular complexity index is 135. The summed E-state index contributed by atoms with van der Waals surface area (Å²) < 4.78 is 0. The first-order valence-electron chi connectivity index (χ1n) is 3.31. The maximum Gasteiger partial charge on any atom is 0.150 e. The van der Waals surface area contributed by atoms with Crippen molar-refractivity contribution in [3.8, 4) is 0 Å². The first-order valence-corrected chi connectivity index (χ1v) is 3.31. The molecule has 50 valence electrons. The molecule has 0 aliphatic heterocycles. The summed E-state index contributed by atoms with van der Waals surface area (Å²) in [5.41, 5.74) is 0. The molecule has 1 rings (SSSR count). The Morgan fingerprint density at radius 3 is 2.22 bits per heavy atom. The quantitative estimate of drug-likeness (QED) is 0.516. The molecule has 0 radical (unpaired) electrons. The summed E-state index contributed by atoms with van der Waals surface area (Å²) in [4.78, 5) is 21.2. The van der Waals surface area contributed by atoms with Crippen LogP contribution in [0.1, 0.15) is 26.2 Å². The summed E-state index contributed by atoms with van der Waals surface area (Å²) in [5.74, 6) is 0.0682. The highest BCUT2D eigenvalue weighted by atomic mass is 16.2. The number of ketones is 2. The average Bonchev–Trinajstić information content (AvgIpc) is 1.84. The number of Topliss-reactive ketones (excluding diaryl/α,β-unsaturated/α-hetero) is 2. The minimum absolute atomic E-state index is 0.141. The molecular weight excluding hydrogens is 116 g/mol. The zero-order valence-electron chi connectivity index (χ0n) is 5.52. The van der Waals surface area contributed by atoms with Crippen molar-refractivity contribution in [2.75, 3.05) is 0 Å². The van der Waals surface area contributed by atoms with Crippen LogP contribution in [0.2, 0.25) is 0 Å². The van der Waals surface area contributed by atoms with E-state index in [0.717, 1.165) is 12.8 Å². The number of carbonyl (C=O) groups is 2. The van der Waals surface area contributed by atoms with E-state index >= 15 is 0 Å². The van der Waals surface area contributed by atoms with Crippen molar-refractivity contribution < 1.29 is 9.59 Å². The van der Waals surface area contributed by atoms with Gasteiger partial charge in [0, 0.05) is 0 Å². The summed E-state index contributed by atoms with van der Waals surface area (Å²) >= 11 is 0. The van der Waals surface area contributed by atoms with Crippen LogP contribution >= 0.6 is 0 Å². The van der Waals surface area contributed by atoms with E-state index in [2.05, 4.69) is 0 Å². The van der Waals surface area contributed by atoms with E-state index in [4.69, 9.17) is 0 Å². The highest BCUT2D eigenvalue weighted by molar-refractivity contribution is 6.21. The van der Waals surface area contributed by atoms with E-state index in [-0.39, 0.29) is 23.9 Å². The van der Waals surface area contributed by atoms with Gasteiger partial charge < -0.3 is 0 Å². The van der Waals surface area contributed by atoms with Crippen molar-refractivity contribution in [3.05, 3.63) is 0 Å². The molecule has 0 N–H and O–H groups in total. The molecule has 0 heterocycles. The van der Waals surface area contributed by atoms with Crippen molar-refractivity contribution in [3.63, 3.8) is 0 Å². The fourth-order valence-corrected chi connectivity index (χ4v) is 1.08. The van der Waals surface area contributed by atoms with Gasteiger partial charge in [0.15, 0.2) is 11.6 Å². The average molecular weight is 126 g/mol. The first-order chi connectivity index (χ1) is 4.25. The summed E-state index contributed by atoms with van der Waals surface area (Å²) in [5, 5.41) is 0. The summed E-state index contributed by atoms with van der Waals surface area (Å²) in [6, 6.07) is 0. The predicted octanol–water partition coefficient (Wildman–Crippen LogP) is 0.945. The normalized spacial score (nSPS) is 20.1. The fraction of sp³-hybridized carbons (Fsp3) is 0.714. The van der Waals surface area contributed by atoms with Crippen LogP contribution in [-0.4, -0.2) is 11.6 Å². The summed E-state index contributed by atoms with van der Waals surface area (Å²) in [7, 11) is 0. The van der Waals surface area contributed by atoms with Crippen LogP contribution in [0.5, 0.6) is 0 Å². The van der Waals surface area contributed by atoms with Gasteiger partial charge in [-0.2, -0.15) is 0 Å². The molecule has 1 aliphatic carbocycles. The highest BCUT2D eigenvalue weighted by Crippen LogP contribution is 2.22. The van der Waals surface area contributed by atoms with E-state index < -0.39 is 0 Å². The van der Waals surface area contributed by atoms with Gasteiger partial charge in [0.05, 0.1) is 12.3 Å². The molecule has 2 heteroatoms. The Balaban J connectivity index is 2.39. The smallest absolute Gasteiger partial charge is 0.150 e. The standard InChI is InChI=1S/C7H10O2/c1-2-3-5-6(8)4-7(5)9/h5H,2-4H2,1H3. The molecule has 0 spiro atoms. The van der Waals surface area contributed by atoms with E-state index in [9.17, 15) is 9.59 Å². The number of carbonyl (C=O) groups excluding carboxylic acids is 2. The second-order valence-electron chi connectivity index (χ2n) is 2.45. The molecule has 9 heavy (non-hydrogen) atoms. The molecule has 0 aromatic carbocycles. The maximum atomic E-state index is 10.6. The Labute approximate surface area is 54.2 Å². The van der Waals surface area contributed by atoms with Gasteiger partial charge in [0.25, 0.3) is 0 Å². The zero-order chi connectivity index (χ0) is 6.85. The number of hydrogen-bond acceptors (Lipinski definition) is 2. The molecule has 1 saturated carbocycles. The molecule has 1 fully saturated rings. The van der Waals surface area contributed by atoms with E-state index in [0.29, 0.717) is 0 Å². The molecular formula is C7H10O2. The van der Waals surface area contributed by atoms with E-state index in [1.54, 1.807) is 0 Å². The Morgan fingerprint density at radius 2 is 2.00 bits per heavy atom. The van der Waals surface area contributed by atoms with Crippen molar-refractivity contribution in [2.45, 2.75) is 26.2 Å². The third-order valence-corrected chi connectivity index (χ3v) is 1.70. The zero-order valence-corrected chi connectivity index (χ0v) is 5.52. The fourth-order valence-electron chi connectivity index (χ4n) is 1.08. The minimum atomic E-state index is -0.213. The van der Waals surface area contributed by atoms with Gasteiger partial charge in [-0.1, -0.05) is 13.3 Å². The highest BCUT2D eigenvalue weighted by Gasteiger charge is 2.36. The van der Waals surface area contributed by atoms with Crippen LogP contribution in [0, 0.1) is 5.92 Å². The molecule has 0 bridgehead atoms. The lowest BCUT2D eigenvalue weighted by Crippen LogP contribution is -2.37. The molecule has 0 saturated heterocycles. The van der Waals surface area contributed by atoms with Crippen LogP contribution in [0.3, 0.4) is 0 Å². The van der Waals surface area contributed by atoms with Gasteiger partial charge in [0.1, 0.15) is 0 Å². The number of rotatable bonds is 2. The molecule has 0 aromatic rings. The van der Waals surface area contributed by atoms with E-state index in [1.807, 2.05) is 6.92 Å². The van der Waals surface area contributed by atoms with Crippen LogP contribution in [0.15, 0.2) is 0 Å². The lowest BCUT2D eigenvalue weighted by molar-refractivity contribution is -0.144. The van der Waals surface area contributed by atoms with Crippen molar-refractivity contribution in [2.24, 2.45) is 5.92 Å². The van der Waals surface area contributed by atoms with Crippen LogP contribution < -0.4 is 0 Å². The first kappa shape index (κ1) is 6.46. The third-order valence-electron chi connectivity index (χ3n) is 1.70. The second-order valence-corrected chi connectivity index (χ2v) is 2.45. The molecule has 0 amide bonds. The lowest BCUT2D eigenvalue weighted by Gasteiger charge is -2.20. The minimum Gasteiger partial charge on any atom is -0.298 e. The Kier molecular flexibility index (Phi) is 1.65. The molecule has 0 atom stereocenters. The second kappa shape index (κ2) is 2.29. The van der Waals surface area contributed by atoms with Gasteiger partial charge >= 0.3 is 0 Å². The monoisotopic (exact) mass is 126 g/mol. The largest absolute Gasteiger partial charge is 0.298 e. The molecule has 2 nitrogen and oxygen atoms in total. The summed E-state index contributed by atoms with van der Waals surface area (Å²) in [6.45, 7) is 1.98. The van der Waals surface area contributed by atoms with Crippen LogP contribution in [0.4, 0.5) is 0 Å². The summed E-state index contributed by atoms with van der Waals surface area (Å²) in [6.07, 6.45) is 1.89. The van der Waals surface area contributed by atoms with Gasteiger partial charge in [-0.25, -0.2) is 0 Å². The topological polar surface area (TPSA) is 34.1 Å².